The van der Waals surface area contributed by atoms with Crippen LogP contribution in [-0.4, -0.2) is 42.5 Å². The molecule has 0 aromatic heterocycles. The third kappa shape index (κ3) is 3.77. The second kappa shape index (κ2) is 6.96. The molecule has 0 bridgehead atoms. The molecule has 1 saturated heterocycles. The zero-order valence-electron chi connectivity index (χ0n) is 13.3. The molecule has 5 heteroatoms. The van der Waals surface area contributed by atoms with Crippen molar-refractivity contribution in [2.24, 2.45) is 5.92 Å². The molecule has 118 valence electrons. The summed E-state index contributed by atoms with van der Waals surface area (Å²) >= 11 is 0. The first kappa shape index (κ1) is 15.9. The molecule has 0 aromatic rings. The van der Waals surface area contributed by atoms with Crippen LogP contribution in [0, 0.1) is 5.92 Å². The SMILES string of the molecule is CC1=C(C(=O)N[C@H](C(=O)N2CCCC2)C(C)C)CCCO1. The maximum Gasteiger partial charge on any atom is 0.251 e. The summed E-state index contributed by atoms with van der Waals surface area (Å²) in [7, 11) is 0. The van der Waals surface area contributed by atoms with E-state index >= 15 is 0 Å². The van der Waals surface area contributed by atoms with Crippen molar-refractivity contribution < 1.29 is 14.3 Å². The molecular weight excluding hydrogens is 268 g/mol. The lowest BCUT2D eigenvalue weighted by molar-refractivity contribution is -0.136. The normalized spacial score (nSPS) is 20.5. The van der Waals surface area contributed by atoms with E-state index in [0.29, 0.717) is 17.9 Å². The Morgan fingerprint density at radius 3 is 2.43 bits per heavy atom. The van der Waals surface area contributed by atoms with Gasteiger partial charge in [-0.15, -0.1) is 0 Å². The molecule has 1 fully saturated rings. The molecule has 2 heterocycles. The summed E-state index contributed by atoms with van der Waals surface area (Å²) in [6.45, 7) is 8.05. The summed E-state index contributed by atoms with van der Waals surface area (Å²) in [4.78, 5) is 26.8. The number of ether oxygens (including phenoxy) is 1. The van der Waals surface area contributed by atoms with Crippen molar-refractivity contribution in [3.8, 4) is 0 Å². The predicted molar refractivity (Wildman–Crippen MR) is 80.5 cm³/mol. The fourth-order valence-corrected chi connectivity index (χ4v) is 2.89. The van der Waals surface area contributed by atoms with E-state index in [9.17, 15) is 9.59 Å². The Bertz CT molecular complexity index is 437. The number of nitrogens with zero attached hydrogens (tertiary/aromatic N) is 1. The Morgan fingerprint density at radius 1 is 1.19 bits per heavy atom. The van der Waals surface area contributed by atoms with Crippen molar-refractivity contribution >= 4 is 11.8 Å². The van der Waals surface area contributed by atoms with Gasteiger partial charge in [-0.2, -0.15) is 0 Å². The monoisotopic (exact) mass is 294 g/mol. The number of hydrogen-bond acceptors (Lipinski definition) is 3. The molecule has 2 aliphatic rings. The highest BCUT2D eigenvalue weighted by Gasteiger charge is 2.31. The summed E-state index contributed by atoms with van der Waals surface area (Å²) < 4.78 is 5.44. The van der Waals surface area contributed by atoms with E-state index in [2.05, 4.69) is 5.32 Å². The van der Waals surface area contributed by atoms with Gasteiger partial charge >= 0.3 is 0 Å². The van der Waals surface area contributed by atoms with Crippen molar-refractivity contribution in [1.29, 1.82) is 0 Å². The molecular formula is C16H26N2O3. The number of amides is 2. The van der Waals surface area contributed by atoms with E-state index < -0.39 is 6.04 Å². The lowest BCUT2D eigenvalue weighted by atomic mass is 10.0. The van der Waals surface area contributed by atoms with Crippen LogP contribution in [0.25, 0.3) is 0 Å². The average Bonchev–Trinajstić information content (AvgIpc) is 2.98. The first-order chi connectivity index (χ1) is 10.0. The quantitative estimate of drug-likeness (QED) is 0.860. The van der Waals surface area contributed by atoms with Crippen LogP contribution in [0.15, 0.2) is 11.3 Å². The second-order valence-corrected chi connectivity index (χ2v) is 6.21. The molecule has 1 N–H and O–H groups in total. The van der Waals surface area contributed by atoms with Crippen LogP contribution in [0.3, 0.4) is 0 Å². The Balaban J connectivity index is 2.05. The minimum atomic E-state index is -0.446. The molecule has 5 nitrogen and oxygen atoms in total. The number of likely N-dealkylation sites (tertiary alicyclic amines) is 1. The molecule has 2 rings (SSSR count). The van der Waals surface area contributed by atoms with Crippen LogP contribution in [-0.2, 0) is 14.3 Å². The third-order valence-electron chi connectivity index (χ3n) is 4.23. The minimum absolute atomic E-state index is 0.0471. The average molecular weight is 294 g/mol. The Morgan fingerprint density at radius 2 is 1.86 bits per heavy atom. The lowest BCUT2D eigenvalue weighted by Crippen LogP contribution is -2.51. The van der Waals surface area contributed by atoms with E-state index in [1.807, 2.05) is 25.7 Å². The largest absolute Gasteiger partial charge is 0.498 e. The van der Waals surface area contributed by atoms with Crippen LogP contribution in [0.5, 0.6) is 0 Å². The van der Waals surface area contributed by atoms with E-state index in [-0.39, 0.29) is 17.7 Å². The molecule has 1 atom stereocenters. The first-order valence-corrected chi connectivity index (χ1v) is 7.93. The first-order valence-electron chi connectivity index (χ1n) is 7.93. The molecule has 0 radical (unpaired) electrons. The fourth-order valence-electron chi connectivity index (χ4n) is 2.89. The van der Waals surface area contributed by atoms with Gasteiger partial charge in [-0.25, -0.2) is 0 Å². The molecule has 0 aromatic carbocycles. The number of carbonyl (C=O) groups excluding carboxylic acids is 2. The van der Waals surface area contributed by atoms with Crippen molar-refractivity contribution in [2.75, 3.05) is 19.7 Å². The van der Waals surface area contributed by atoms with Gasteiger partial charge in [-0.05, 0) is 38.5 Å². The van der Waals surface area contributed by atoms with Gasteiger partial charge in [0.05, 0.1) is 12.2 Å². The van der Waals surface area contributed by atoms with Crippen molar-refractivity contribution in [3.05, 3.63) is 11.3 Å². The third-order valence-corrected chi connectivity index (χ3v) is 4.23. The highest BCUT2D eigenvalue weighted by atomic mass is 16.5. The van der Waals surface area contributed by atoms with E-state index in [1.54, 1.807) is 0 Å². The topological polar surface area (TPSA) is 58.6 Å². The Labute approximate surface area is 126 Å². The van der Waals surface area contributed by atoms with E-state index in [1.165, 1.54) is 0 Å². The van der Waals surface area contributed by atoms with Gasteiger partial charge in [0.25, 0.3) is 5.91 Å². The van der Waals surface area contributed by atoms with Crippen LogP contribution in [0.4, 0.5) is 0 Å². The maximum atomic E-state index is 12.6. The van der Waals surface area contributed by atoms with Gasteiger partial charge in [-0.1, -0.05) is 13.8 Å². The number of rotatable bonds is 4. The van der Waals surface area contributed by atoms with Gasteiger partial charge in [-0.3, -0.25) is 9.59 Å². The molecule has 21 heavy (non-hydrogen) atoms. The number of hydrogen-bond donors (Lipinski definition) is 1. The maximum absolute atomic E-state index is 12.6. The highest BCUT2D eigenvalue weighted by Crippen LogP contribution is 2.20. The summed E-state index contributed by atoms with van der Waals surface area (Å²) in [5.74, 6) is 0.659. The van der Waals surface area contributed by atoms with E-state index in [0.717, 1.165) is 38.8 Å². The minimum Gasteiger partial charge on any atom is -0.498 e. The van der Waals surface area contributed by atoms with Crippen molar-refractivity contribution in [2.45, 2.75) is 52.5 Å². The fraction of sp³-hybridized carbons (Fsp3) is 0.750. The molecule has 0 unspecified atom stereocenters. The van der Waals surface area contributed by atoms with Crippen molar-refractivity contribution in [1.82, 2.24) is 10.2 Å². The van der Waals surface area contributed by atoms with Crippen LogP contribution in [0.1, 0.15) is 46.5 Å². The Kier molecular flexibility index (Phi) is 5.26. The van der Waals surface area contributed by atoms with Gasteiger partial charge < -0.3 is 15.0 Å². The van der Waals surface area contributed by atoms with Gasteiger partial charge in [0, 0.05) is 13.1 Å². The molecule has 0 aliphatic carbocycles. The van der Waals surface area contributed by atoms with Gasteiger partial charge in [0.1, 0.15) is 11.8 Å². The standard InChI is InChI=1S/C16H26N2O3/c1-11(2)14(16(20)18-8-4-5-9-18)17-15(19)13-7-6-10-21-12(13)3/h11,14H,4-10H2,1-3H3,(H,17,19)/t14-/m0/s1. The molecule has 2 aliphatic heterocycles. The summed E-state index contributed by atoms with van der Waals surface area (Å²) in [6.07, 6.45) is 3.69. The predicted octanol–water partition coefficient (Wildman–Crippen LogP) is 1.83. The van der Waals surface area contributed by atoms with E-state index in [4.69, 9.17) is 4.74 Å². The van der Waals surface area contributed by atoms with Crippen LogP contribution >= 0.6 is 0 Å². The zero-order chi connectivity index (χ0) is 15.4. The van der Waals surface area contributed by atoms with Crippen LogP contribution in [0.2, 0.25) is 0 Å². The second-order valence-electron chi connectivity index (χ2n) is 6.21. The lowest BCUT2D eigenvalue weighted by Gasteiger charge is -2.28. The molecule has 0 saturated carbocycles. The van der Waals surface area contributed by atoms with Gasteiger partial charge in [0.2, 0.25) is 5.91 Å². The summed E-state index contributed by atoms with van der Waals surface area (Å²) in [5, 5.41) is 2.93. The smallest absolute Gasteiger partial charge is 0.251 e. The number of nitrogens with one attached hydrogen (secondary N) is 1. The summed E-state index contributed by atoms with van der Waals surface area (Å²) in [5.41, 5.74) is 0.682. The number of carbonyl (C=O) groups is 2. The zero-order valence-corrected chi connectivity index (χ0v) is 13.3. The summed E-state index contributed by atoms with van der Waals surface area (Å²) in [6, 6.07) is -0.446. The van der Waals surface area contributed by atoms with Crippen LogP contribution < -0.4 is 5.32 Å². The highest BCUT2D eigenvalue weighted by molar-refractivity contribution is 5.97. The Hall–Kier alpha value is -1.52. The molecule has 2 amide bonds. The number of allylic oxidation sites excluding steroid dienone is 1. The van der Waals surface area contributed by atoms with Gasteiger partial charge in [0.15, 0.2) is 0 Å². The van der Waals surface area contributed by atoms with Crippen molar-refractivity contribution in [3.63, 3.8) is 0 Å². The molecule has 0 spiro atoms.